The molecule has 1 aromatic carbocycles. The van der Waals surface area contributed by atoms with E-state index in [1.807, 2.05) is 18.2 Å². The molecule has 0 bridgehead atoms. The molecule has 0 radical (unpaired) electrons. The van der Waals surface area contributed by atoms with Crippen LogP contribution < -0.4 is 0 Å². The zero-order valence-electron chi connectivity index (χ0n) is 16.1. The Morgan fingerprint density at radius 2 is 1.78 bits per heavy atom. The standard InChI is InChI=1S/C23H32O4/c24-21(22-16-17-23(25)27-22)15-11-6-4-2-1-3-5-7-12-18-26-19-20-13-9-8-10-14-20/h3-6,8-10,13-14,21-22,24H,1-2,7,11-12,15-19H2/b5-3+,6-4+/t21-,22-/m1/s1. The number of allylic oxidation sites excluding steroid dienone is 4. The number of ether oxygens (including phenoxy) is 2. The van der Waals surface area contributed by atoms with Crippen molar-refractivity contribution in [2.75, 3.05) is 6.61 Å². The smallest absolute Gasteiger partial charge is 0.306 e. The van der Waals surface area contributed by atoms with Crippen LogP contribution in [-0.4, -0.2) is 29.9 Å². The van der Waals surface area contributed by atoms with Gasteiger partial charge in [-0.1, -0.05) is 54.6 Å². The summed E-state index contributed by atoms with van der Waals surface area (Å²) in [6, 6.07) is 10.2. The monoisotopic (exact) mass is 372 g/mol. The molecule has 1 N–H and O–H groups in total. The van der Waals surface area contributed by atoms with E-state index in [-0.39, 0.29) is 12.1 Å². The first-order valence-electron chi connectivity index (χ1n) is 10.0. The summed E-state index contributed by atoms with van der Waals surface area (Å²) in [5.74, 6) is -0.191. The van der Waals surface area contributed by atoms with Gasteiger partial charge in [-0.05, 0) is 50.5 Å². The Hall–Kier alpha value is -1.91. The van der Waals surface area contributed by atoms with Gasteiger partial charge in [0.2, 0.25) is 0 Å². The summed E-state index contributed by atoms with van der Waals surface area (Å²) in [5.41, 5.74) is 1.22. The zero-order valence-corrected chi connectivity index (χ0v) is 16.1. The second kappa shape index (κ2) is 13.3. The number of benzene rings is 1. The maximum absolute atomic E-state index is 11.0. The number of carbonyl (C=O) groups excluding carboxylic acids is 1. The van der Waals surface area contributed by atoms with E-state index in [1.165, 1.54) is 5.56 Å². The summed E-state index contributed by atoms with van der Waals surface area (Å²) in [5, 5.41) is 9.96. The third kappa shape index (κ3) is 9.55. The molecule has 1 aromatic rings. The Labute approximate surface area is 162 Å². The van der Waals surface area contributed by atoms with Crippen LogP contribution in [0.25, 0.3) is 0 Å². The van der Waals surface area contributed by atoms with Gasteiger partial charge >= 0.3 is 5.97 Å². The van der Waals surface area contributed by atoms with Crippen LogP contribution in [0.3, 0.4) is 0 Å². The second-order valence-electron chi connectivity index (χ2n) is 6.91. The summed E-state index contributed by atoms with van der Waals surface area (Å²) >= 11 is 0. The highest BCUT2D eigenvalue weighted by Gasteiger charge is 2.29. The van der Waals surface area contributed by atoms with E-state index < -0.39 is 6.10 Å². The van der Waals surface area contributed by atoms with Gasteiger partial charge in [-0.15, -0.1) is 0 Å². The lowest BCUT2D eigenvalue weighted by atomic mass is 10.1. The fourth-order valence-electron chi connectivity index (χ4n) is 3.00. The maximum Gasteiger partial charge on any atom is 0.306 e. The number of cyclic esters (lactones) is 1. The Morgan fingerprint density at radius 1 is 1.07 bits per heavy atom. The van der Waals surface area contributed by atoms with Crippen LogP contribution in [0.5, 0.6) is 0 Å². The van der Waals surface area contributed by atoms with Crippen molar-refractivity contribution >= 4 is 5.97 Å². The third-order valence-corrected chi connectivity index (χ3v) is 4.58. The van der Waals surface area contributed by atoms with Crippen molar-refractivity contribution < 1.29 is 19.4 Å². The van der Waals surface area contributed by atoms with Crippen molar-refractivity contribution in [3.63, 3.8) is 0 Å². The fraction of sp³-hybridized carbons (Fsp3) is 0.522. The van der Waals surface area contributed by atoms with Gasteiger partial charge in [0.1, 0.15) is 6.10 Å². The SMILES string of the molecule is O=C1CC[C@H]([C@H](O)CC/C=C/CC/C=C/CCCOCc2ccccc2)O1. The molecule has 148 valence electrons. The summed E-state index contributed by atoms with van der Waals surface area (Å²) in [4.78, 5) is 11.0. The first kappa shape index (κ1) is 21.4. The minimum absolute atomic E-state index is 0.191. The largest absolute Gasteiger partial charge is 0.460 e. The number of hydrogen-bond acceptors (Lipinski definition) is 4. The van der Waals surface area contributed by atoms with Crippen LogP contribution in [0.1, 0.15) is 56.9 Å². The van der Waals surface area contributed by atoms with E-state index in [1.54, 1.807) is 0 Å². The lowest BCUT2D eigenvalue weighted by Gasteiger charge is -2.15. The number of aliphatic hydroxyl groups is 1. The van der Waals surface area contributed by atoms with Crippen molar-refractivity contribution in [2.45, 2.75) is 70.2 Å². The van der Waals surface area contributed by atoms with E-state index in [0.29, 0.717) is 25.9 Å². The summed E-state index contributed by atoms with van der Waals surface area (Å²) in [7, 11) is 0. The summed E-state index contributed by atoms with van der Waals surface area (Å²) in [6.45, 7) is 1.48. The molecule has 0 amide bonds. The first-order valence-corrected chi connectivity index (χ1v) is 10.0. The zero-order chi connectivity index (χ0) is 19.2. The van der Waals surface area contributed by atoms with Gasteiger partial charge in [0.05, 0.1) is 12.7 Å². The van der Waals surface area contributed by atoms with Crippen LogP contribution in [0, 0.1) is 0 Å². The Bertz CT molecular complexity index is 579. The molecule has 0 saturated carbocycles. The molecule has 0 aliphatic carbocycles. The Balaban J connectivity index is 1.39. The van der Waals surface area contributed by atoms with Gasteiger partial charge in [0, 0.05) is 13.0 Å². The van der Waals surface area contributed by atoms with Crippen molar-refractivity contribution in [3.8, 4) is 0 Å². The lowest BCUT2D eigenvalue weighted by Crippen LogP contribution is -2.25. The minimum atomic E-state index is -0.537. The van der Waals surface area contributed by atoms with Crippen LogP contribution in [-0.2, 0) is 20.9 Å². The second-order valence-corrected chi connectivity index (χ2v) is 6.91. The maximum atomic E-state index is 11.0. The molecule has 4 nitrogen and oxygen atoms in total. The average Bonchev–Trinajstić information content (AvgIpc) is 3.12. The summed E-state index contributed by atoms with van der Waals surface area (Å²) in [6.07, 6.45) is 14.5. The lowest BCUT2D eigenvalue weighted by molar-refractivity contribution is -0.145. The molecule has 2 rings (SSSR count). The molecule has 1 fully saturated rings. The van der Waals surface area contributed by atoms with Crippen LogP contribution in [0.2, 0.25) is 0 Å². The highest BCUT2D eigenvalue weighted by atomic mass is 16.6. The van der Waals surface area contributed by atoms with Gasteiger partial charge < -0.3 is 14.6 Å². The average molecular weight is 373 g/mol. The number of rotatable bonds is 13. The van der Waals surface area contributed by atoms with Crippen LogP contribution in [0.15, 0.2) is 54.6 Å². The molecule has 2 atom stereocenters. The van der Waals surface area contributed by atoms with E-state index in [4.69, 9.17) is 9.47 Å². The summed E-state index contributed by atoms with van der Waals surface area (Å²) < 4.78 is 10.7. The molecule has 0 spiro atoms. The Morgan fingerprint density at radius 3 is 2.48 bits per heavy atom. The topological polar surface area (TPSA) is 55.8 Å². The molecular formula is C23H32O4. The molecule has 1 aliphatic heterocycles. The first-order chi connectivity index (χ1) is 13.3. The van der Waals surface area contributed by atoms with Gasteiger partial charge in [-0.2, -0.15) is 0 Å². The number of aliphatic hydroxyl groups excluding tert-OH is 1. The van der Waals surface area contributed by atoms with Crippen molar-refractivity contribution in [1.29, 1.82) is 0 Å². The molecule has 0 aromatic heterocycles. The molecule has 1 heterocycles. The van der Waals surface area contributed by atoms with E-state index in [0.717, 1.165) is 38.7 Å². The van der Waals surface area contributed by atoms with Gasteiger partial charge in [-0.25, -0.2) is 0 Å². The van der Waals surface area contributed by atoms with E-state index >= 15 is 0 Å². The van der Waals surface area contributed by atoms with Crippen molar-refractivity contribution in [1.82, 2.24) is 0 Å². The predicted octanol–water partition coefficient (Wildman–Crippen LogP) is 4.72. The quantitative estimate of drug-likeness (QED) is 0.309. The number of carbonyl (C=O) groups is 1. The van der Waals surface area contributed by atoms with E-state index in [9.17, 15) is 9.90 Å². The molecule has 1 aliphatic rings. The Kier molecular flexibility index (Phi) is 10.5. The van der Waals surface area contributed by atoms with Crippen molar-refractivity contribution in [3.05, 3.63) is 60.2 Å². The highest BCUT2D eigenvalue weighted by molar-refractivity contribution is 5.71. The molecule has 4 heteroatoms. The van der Waals surface area contributed by atoms with Gasteiger partial charge in [0.25, 0.3) is 0 Å². The molecule has 1 saturated heterocycles. The minimum Gasteiger partial charge on any atom is -0.460 e. The van der Waals surface area contributed by atoms with Crippen molar-refractivity contribution in [2.24, 2.45) is 0 Å². The highest BCUT2D eigenvalue weighted by Crippen LogP contribution is 2.19. The third-order valence-electron chi connectivity index (χ3n) is 4.58. The van der Waals surface area contributed by atoms with Gasteiger partial charge in [-0.3, -0.25) is 4.79 Å². The molecular weight excluding hydrogens is 340 g/mol. The number of unbranched alkanes of at least 4 members (excludes halogenated alkanes) is 2. The molecule has 27 heavy (non-hydrogen) atoms. The number of hydrogen-bond donors (Lipinski definition) is 1. The van der Waals surface area contributed by atoms with Crippen LogP contribution >= 0.6 is 0 Å². The molecule has 0 unspecified atom stereocenters. The van der Waals surface area contributed by atoms with Gasteiger partial charge in [0.15, 0.2) is 0 Å². The van der Waals surface area contributed by atoms with E-state index in [2.05, 4.69) is 36.4 Å². The van der Waals surface area contributed by atoms with Crippen LogP contribution in [0.4, 0.5) is 0 Å². The normalized spacial score (nSPS) is 18.4. The number of esters is 1. The fourth-order valence-corrected chi connectivity index (χ4v) is 3.00. The predicted molar refractivity (Wildman–Crippen MR) is 107 cm³/mol.